The summed E-state index contributed by atoms with van der Waals surface area (Å²) in [6.45, 7) is 7.25. The molecule has 2 heterocycles. The maximum atomic E-state index is 13.9. The average molecular weight is 596 g/mol. The predicted octanol–water partition coefficient (Wildman–Crippen LogP) is 6.40. The molecule has 1 N–H and O–H groups in total. The number of piperazine rings is 1. The summed E-state index contributed by atoms with van der Waals surface area (Å²) in [6.07, 6.45) is 6.85. The lowest BCUT2D eigenvalue weighted by Crippen LogP contribution is -2.51. The number of hydrogen-bond acceptors (Lipinski definition) is 5. The first-order chi connectivity index (χ1) is 21.5. The quantitative estimate of drug-likeness (QED) is 0.293. The van der Waals surface area contributed by atoms with Crippen molar-refractivity contribution in [1.82, 2.24) is 9.80 Å². The van der Waals surface area contributed by atoms with E-state index in [0.29, 0.717) is 12.5 Å². The van der Waals surface area contributed by atoms with Gasteiger partial charge >= 0.3 is 5.97 Å². The zero-order valence-electron chi connectivity index (χ0n) is 25.9. The lowest BCUT2D eigenvalue weighted by Gasteiger charge is -2.38. The summed E-state index contributed by atoms with van der Waals surface area (Å²) in [5.74, 6) is 0.687. The largest absolute Gasteiger partial charge is 0.493 e. The van der Waals surface area contributed by atoms with Gasteiger partial charge in [-0.2, -0.15) is 0 Å². The summed E-state index contributed by atoms with van der Waals surface area (Å²) in [4.78, 5) is 32.5. The maximum absolute atomic E-state index is 13.9. The fourth-order valence-electron chi connectivity index (χ4n) is 7.55. The summed E-state index contributed by atoms with van der Waals surface area (Å²) < 4.78 is 6.12. The Balaban J connectivity index is 1.29. The summed E-state index contributed by atoms with van der Waals surface area (Å²) in [6, 6.07) is 24.3. The zero-order chi connectivity index (χ0) is 30.5. The minimum absolute atomic E-state index is 0.0450. The third kappa shape index (κ3) is 6.63. The number of fused-ring (bicyclic) bond motifs is 1. The molecular formula is C37H45N3O4. The van der Waals surface area contributed by atoms with Gasteiger partial charge in [0.2, 0.25) is 5.91 Å². The number of carbonyl (C=O) groups is 2. The van der Waals surface area contributed by atoms with Crippen LogP contribution in [-0.4, -0.2) is 72.7 Å². The highest BCUT2D eigenvalue weighted by Gasteiger charge is 2.44. The van der Waals surface area contributed by atoms with Crippen molar-refractivity contribution in [3.8, 4) is 5.75 Å². The molecule has 1 saturated heterocycles. The van der Waals surface area contributed by atoms with Gasteiger partial charge in [-0.3, -0.25) is 4.79 Å². The summed E-state index contributed by atoms with van der Waals surface area (Å²) in [5.41, 5.74) is 4.74. The van der Waals surface area contributed by atoms with Crippen molar-refractivity contribution in [2.75, 3.05) is 50.8 Å². The number of anilines is 1. The number of rotatable bonds is 10. The van der Waals surface area contributed by atoms with Gasteiger partial charge in [0.1, 0.15) is 5.75 Å². The average Bonchev–Trinajstić information content (AvgIpc) is 3.39. The Morgan fingerprint density at radius 3 is 2.30 bits per heavy atom. The molecule has 44 heavy (non-hydrogen) atoms. The lowest BCUT2D eigenvalue weighted by molar-refractivity contribution is -0.131. The van der Waals surface area contributed by atoms with Gasteiger partial charge in [0.25, 0.3) is 0 Å². The number of hydrogen-bond donors (Lipinski definition) is 1. The van der Waals surface area contributed by atoms with E-state index < -0.39 is 5.97 Å². The number of ether oxygens (including phenoxy) is 1. The standard InChI is InChI=1S/C37H45N3O4/c1-2-38-20-22-39(23-21-38)34(41)26-40-33-25-30(37(42)43)15-18-32(33)35(28-11-7-4-8-12-28)36(40)29-13-16-31(17-14-29)44-24-19-27-9-5-3-6-10-27/h3,5-6,9-10,13-18,25,28,35-36H,2,4,7-8,11-12,19-24,26H2,1H3,(H,42,43). The van der Waals surface area contributed by atoms with E-state index in [1.807, 2.05) is 41.3 Å². The lowest BCUT2D eigenvalue weighted by atomic mass is 9.73. The molecule has 2 atom stereocenters. The number of nitrogens with zero attached hydrogens (tertiary/aromatic N) is 3. The van der Waals surface area contributed by atoms with Gasteiger partial charge in [-0.25, -0.2) is 4.79 Å². The number of carbonyl (C=O) groups excluding carboxylic acids is 1. The fraction of sp³-hybridized carbons (Fsp3) is 0.459. The molecule has 232 valence electrons. The first kappa shape index (κ1) is 30.2. The minimum atomic E-state index is -0.940. The SMILES string of the molecule is CCN1CCN(C(=O)CN2c3cc(C(=O)O)ccc3C(C3CCCCC3)C2c2ccc(OCCc3ccccc3)cc2)CC1. The normalized spacial score (nSPS) is 20.8. The van der Waals surface area contributed by atoms with Crippen LogP contribution in [0.25, 0.3) is 0 Å². The predicted molar refractivity (Wildman–Crippen MR) is 174 cm³/mol. The Morgan fingerprint density at radius 2 is 1.61 bits per heavy atom. The summed E-state index contributed by atoms with van der Waals surface area (Å²) in [7, 11) is 0. The number of likely N-dealkylation sites (N-methyl/N-ethyl adjacent to an activating group) is 1. The van der Waals surface area contributed by atoms with E-state index in [4.69, 9.17) is 4.74 Å². The first-order valence-corrected chi connectivity index (χ1v) is 16.4. The highest BCUT2D eigenvalue weighted by atomic mass is 16.5. The van der Waals surface area contributed by atoms with Crippen LogP contribution in [0, 0.1) is 5.92 Å². The Hall–Kier alpha value is -3.84. The van der Waals surface area contributed by atoms with Crippen molar-refractivity contribution in [3.63, 3.8) is 0 Å². The van der Waals surface area contributed by atoms with E-state index in [1.165, 1.54) is 30.4 Å². The molecule has 1 amide bonds. The molecule has 3 aliphatic rings. The van der Waals surface area contributed by atoms with Gasteiger partial charge in [-0.05, 0) is 66.3 Å². The molecule has 3 aromatic carbocycles. The number of carboxylic acids is 1. The monoisotopic (exact) mass is 595 g/mol. The third-order valence-electron chi connectivity index (χ3n) is 9.98. The second-order valence-corrected chi connectivity index (χ2v) is 12.5. The van der Waals surface area contributed by atoms with Crippen LogP contribution in [0.4, 0.5) is 5.69 Å². The maximum Gasteiger partial charge on any atom is 0.335 e. The molecule has 0 aromatic heterocycles. The molecule has 7 nitrogen and oxygen atoms in total. The van der Waals surface area contributed by atoms with Crippen molar-refractivity contribution in [1.29, 1.82) is 0 Å². The van der Waals surface area contributed by atoms with Crippen LogP contribution in [0.2, 0.25) is 0 Å². The molecule has 2 fully saturated rings. The van der Waals surface area contributed by atoms with E-state index in [9.17, 15) is 14.7 Å². The number of carboxylic acid groups (broad SMARTS) is 1. The zero-order valence-corrected chi connectivity index (χ0v) is 25.9. The van der Waals surface area contributed by atoms with E-state index in [1.54, 1.807) is 12.1 Å². The molecule has 1 saturated carbocycles. The Labute approximate surface area is 261 Å². The smallest absolute Gasteiger partial charge is 0.335 e. The summed E-state index contributed by atoms with van der Waals surface area (Å²) in [5, 5.41) is 9.90. The van der Waals surface area contributed by atoms with E-state index in [0.717, 1.165) is 69.0 Å². The molecule has 0 spiro atoms. The Bertz CT molecular complexity index is 1410. The molecule has 3 aromatic rings. The van der Waals surface area contributed by atoms with Crippen molar-refractivity contribution < 1.29 is 19.4 Å². The van der Waals surface area contributed by atoms with Gasteiger partial charge < -0.3 is 24.5 Å². The topological polar surface area (TPSA) is 73.3 Å². The number of amides is 1. The minimum Gasteiger partial charge on any atom is -0.493 e. The van der Waals surface area contributed by atoms with Crippen LogP contribution >= 0.6 is 0 Å². The molecule has 2 aliphatic heterocycles. The highest BCUT2D eigenvalue weighted by molar-refractivity contribution is 5.91. The fourth-order valence-corrected chi connectivity index (χ4v) is 7.55. The molecular weight excluding hydrogens is 550 g/mol. The van der Waals surface area contributed by atoms with Crippen molar-refractivity contribution >= 4 is 17.6 Å². The number of aromatic carboxylic acids is 1. The molecule has 0 radical (unpaired) electrons. The van der Waals surface area contributed by atoms with Crippen LogP contribution in [-0.2, 0) is 11.2 Å². The first-order valence-electron chi connectivity index (χ1n) is 16.4. The van der Waals surface area contributed by atoms with Crippen molar-refractivity contribution in [2.45, 2.75) is 57.4 Å². The van der Waals surface area contributed by atoms with Crippen molar-refractivity contribution in [2.24, 2.45) is 5.92 Å². The van der Waals surface area contributed by atoms with Gasteiger partial charge in [-0.1, -0.05) is 74.7 Å². The third-order valence-corrected chi connectivity index (χ3v) is 9.98. The molecule has 0 bridgehead atoms. The second-order valence-electron chi connectivity index (χ2n) is 12.5. The summed E-state index contributed by atoms with van der Waals surface area (Å²) >= 11 is 0. The molecule has 7 heteroatoms. The highest BCUT2D eigenvalue weighted by Crippen LogP contribution is 2.55. The Kier molecular flexibility index (Phi) is 9.51. The Morgan fingerprint density at radius 1 is 0.886 bits per heavy atom. The van der Waals surface area contributed by atoms with Crippen molar-refractivity contribution in [3.05, 3.63) is 95.1 Å². The molecule has 2 unspecified atom stereocenters. The van der Waals surface area contributed by atoms with Crippen LogP contribution in [0.3, 0.4) is 0 Å². The van der Waals surface area contributed by atoms with Crippen LogP contribution < -0.4 is 9.64 Å². The van der Waals surface area contributed by atoms with Crippen LogP contribution in [0.15, 0.2) is 72.8 Å². The molecule has 6 rings (SSSR count). The van der Waals surface area contributed by atoms with Gasteiger partial charge in [0.15, 0.2) is 0 Å². The van der Waals surface area contributed by atoms with Crippen LogP contribution in [0.1, 0.15) is 78.0 Å². The molecule has 1 aliphatic carbocycles. The van der Waals surface area contributed by atoms with Gasteiger partial charge in [0.05, 0.1) is 24.8 Å². The van der Waals surface area contributed by atoms with Gasteiger partial charge in [-0.15, -0.1) is 0 Å². The van der Waals surface area contributed by atoms with E-state index in [-0.39, 0.29) is 30.0 Å². The van der Waals surface area contributed by atoms with Gasteiger partial charge in [0, 0.05) is 44.2 Å². The van der Waals surface area contributed by atoms with E-state index in [2.05, 4.69) is 41.0 Å². The van der Waals surface area contributed by atoms with Crippen LogP contribution in [0.5, 0.6) is 5.75 Å². The van der Waals surface area contributed by atoms with E-state index >= 15 is 0 Å². The number of benzene rings is 3. The second kappa shape index (κ2) is 13.9.